The molecule has 0 radical (unpaired) electrons. The molecule has 0 unspecified atom stereocenters. The van der Waals surface area contributed by atoms with E-state index >= 15 is 0 Å². The summed E-state index contributed by atoms with van der Waals surface area (Å²) in [6.45, 7) is -0.305. The number of urea groups is 1. The zero-order valence-electron chi connectivity index (χ0n) is 13.8. The molecular formula is C15H14ClF4N5O2. The van der Waals surface area contributed by atoms with Crippen molar-refractivity contribution in [2.75, 3.05) is 7.11 Å². The summed E-state index contributed by atoms with van der Waals surface area (Å²) in [5.41, 5.74) is 5.95. The van der Waals surface area contributed by atoms with Gasteiger partial charge < -0.3 is 10.5 Å². The summed E-state index contributed by atoms with van der Waals surface area (Å²) in [4.78, 5) is 10.6. The Labute approximate surface area is 155 Å². The van der Waals surface area contributed by atoms with Crippen LogP contribution in [-0.4, -0.2) is 29.1 Å². The predicted molar refractivity (Wildman–Crippen MR) is 89.6 cm³/mol. The number of methoxy groups -OCH3 is 1. The van der Waals surface area contributed by atoms with Gasteiger partial charge in [0.2, 0.25) is 0 Å². The van der Waals surface area contributed by atoms with E-state index < -0.39 is 35.3 Å². The molecule has 2 amide bonds. The second-order valence-corrected chi connectivity index (χ2v) is 5.53. The van der Waals surface area contributed by atoms with Gasteiger partial charge in [-0.1, -0.05) is 11.6 Å². The quantitative estimate of drug-likeness (QED) is 0.418. The fourth-order valence-electron chi connectivity index (χ4n) is 2.27. The predicted octanol–water partition coefficient (Wildman–Crippen LogP) is 3.47. The van der Waals surface area contributed by atoms with E-state index in [1.165, 1.54) is 25.5 Å². The number of ether oxygens (including phenoxy) is 1. The number of alkyl halides is 4. The van der Waals surface area contributed by atoms with Crippen molar-refractivity contribution in [3.05, 3.63) is 45.7 Å². The molecule has 0 saturated heterocycles. The Balaban J connectivity index is 2.42. The number of hydrogen-bond acceptors (Lipinski definition) is 4. The SMILES string of the molecule is COc1ccc(C=NNC(N)=O)cc1Cn1nc(C(F)F)c(Cl)c1C(F)F. The zero-order valence-corrected chi connectivity index (χ0v) is 14.6. The monoisotopic (exact) mass is 407 g/mol. The number of nitrogens with one attached hydrogen (secondary N) is 1. The van der Waals surface area contributed by atoms with E-state index in [2.05, 4.69) is 10.2 Å². The molecule has 1 aromatic carbocycles. The number of amides is 2. The lowest BCUT2D eigenvalue weighted by molar-refractivity contribution is 0.139. The maximum Gasteiger partial charge on any atom is 0.332 e. The Morgan fingerprint density at radius 2 is 2.11 bits per heavy atom. The van der Waals surface area contributed by atoms with Gasteiger partial charge in [0.1, 0.15) is 17.1 Å². The highest BCUT2D eigenvalue weighted by molar-refractivity contribution is 6.32. The van der Waals surface area contributed by atoms with Gasteiger partial charge in [-0.05, 0) is 23.8 Å². The molecule has 1 aromatic heterocycles. The first-order valence-electron chi connectivity index (χ1n) is 7.32. The number of hydrogen-bond donors (Lipinski definition) is 2. The summed E-state index contributed by atoms with van der Waals surface area (Å²) < 4.78 is 58.3. The third kappa shape index (κ3) is 4.88. The molecule has 27 heavy (non-hydrogen) atoms. The van der Waals surface area contributed by atoms with Gasteiger partial charge in [-0.2, -0.15) is 10.2 Å². The highest BCUT2D eigenvalue weighted by atomic mass is 35.5. The lowest BCUT2D eigenvalue weighted by atomic mass is 10.1. The molecule has 0 aliphatic heterocycles. The average molecular weight is 408 g/mol. The summed E-state index contributed by atoms with van der Waals surface area (Å²) in [7, 11) is 1.36. The second-order valence-electron chi connectivity index (χ2n) is 5.15. The Morgan fingerprint density at radius 1 is 1.41 bits per heavy atom. The van der Waals surface area contributed by atoms with Crippen LogP contribution >= 0.6 is 11.6 Å². The largest absolute Gasteiger partial charge is 0.496 e. The topological polar surface area (TPSA) is 94.5 Å². The Kier molecular flexibility index (Phi) is 6.61. The van der Waals surface area contributed by atoms with Gasteiger partial charge in [0.25, 0.3) is 12.9 Å². The number of carbonyl (C=O) groups is 1. The van der Waals surface area contributed by atoms with Gasteiger partial charge >= 0.3 is 6.03 Å². The highest BCUT2D eigenvalue weighted by Crippen LogP contribution is 2.35. The van der Waals surface area contributed by atoms with Crippen molar-refractivity contribution in [3.63, 3.8) is 0 Å². The fraction of sp³-hybridized carbons (Fsp3) is 0.267. The van der Waals surface area contributed by atoms with E-state index in [9.17, 15) is 22.4 Å². The van der Waals surface area contributed by atoms with Crippen molar-refractivity contribution in [3.8, 4) is 5.75 Å². The van der Waals surface area contributed by atoms with Crippen LogP contribution in [0, 0.1) is 0 Å². The van der Waals surface area contributed by atoms with Crippen molar-refractivity contribution >= 4 is 23.8 Å². The van der Waals surface area contributed by atoms with E-state index in [4.69, 9.17) is 22.1 Å². The number of halogens is 5. The summed E-state index contributed by atoms with van der Waals surface area (Å²) in [5, 5.41) is 6.31. The van der Waals surface area contributed by atoms with Crippen LogP contribution in [-0.2, 0) is 6.54 Å². The smallest absolute Gasteiger partial charge is 0.332 e. The maximum absolute atomic E-state index is 13.3. The molecule has 3 N–H and O–H groups in total. The highest BCUT2D eigenvalue weighted by Gasteiger charge is 2.28. The van der Waals surface area contributed by atoms with E-state index in [0.29, 0.717) is 21.6 Å². The van der Waals surface area contributed by atoms with Crippen LogP contribution in [0.15, 0.2) is 23.3 Å². The third-order valence-electron chi connectivity index (χ3n) is 3.38. The minimum absolute atomic E-state index is 0.305. The molecule has 0 spiro atoms. The molecular weight excluding hydrogens is 394 g/mol. The first-order chi connectivity index (χ1) is 12.7. The van der Waals surface area contributed by atoms with E-state index in [-0.39, 0.29) is 6.54 Å². The maximum atomic E-state index is 13.3. The lowest BCUT2D eigenvalue weighted by Gasteiger charge is -2.12. The zero-order chi connectivity index (χ0) is 20.1. The Morgan fingerprint density at radius 3 is 2.67 bits per heavy atom. The average Bonchev–Trinajstić information content (AvgIpc) is 2.91. The summed E-state index contributed by atoms with van der Waals surface area (Å²) in [6, 6.07) is 3.72. The molecule has 146 valence electrons. The van der Waals surface area contributed by atoms with Crippen LogP contribution in [0.5, 0.6) is 5.75 Å². The molecule has 0 saturated carbocycles. The molecule has 0 atom stereocenters. The molecule has 7 nitrogen and oxygen atoms in total. The van der Waals surface area contributed by atoms with Gasteiger partial charge in [0.05, 0.1) is 24.9 Å². The summed E-state index contributed by atoms with van der Waals surface area (Å²) >= 11 is 5.64. The van der Waals surface area contributed by atoms with Crippen molar-refractivity contribution in [2.45, 2.75) is 19.4 Å². The molecule has 2 aromatic rings. The number of benzene rings is 1. The van der Waals surface area contributed by atoms with Gasteiger partial charge in [-0.25, -0.2) is 27.8 Å². The third-order valence-corrected chi connectivity index (χ3v) is 3.77. The molecule has 12 heteroatoms. The first kappa shape index (κ1) is 20.5. The summed E-state index contributed by atoms with van der Waals surface area (Å²) in [5.74, 6) is 0.306. The van der Waals surface area contributed by atoms with Gasteiger partial charge in [-0.3, -0.25) is 4.68 Å². The number of nitrogens with zero attached hydrogens (tertiary/aromatic N) is 3. The van der Waals surface area contributed by atoms with Gasteiger partial charge in [0.15, 0.2) is 0 Å². The second kappa shape index (κ2) is 8.71. The standard InChI is InChI=1S/C15H14ClF4N5O2/c1-27-9-3-2-7(5-22-23-15(21)26)4-8(9)6-25-12(14(19)20)10(16)11(24-25)13(17)18/h2-5,13-14H,6H2,1H3,(H3,21,23,26). The van der Waals surface area contributed by atoms with Gasteiger partial charge in [0, 0.05) is 5.56 Å². The lowest BCUT2D eigenvalue weighted by Crippen LogP contribution is -2.24. The van der Waals surface area contributed by atoms with Crippen LogP contribution in [0.3, 0.4) is 0 Å². The number of aromatic nitrogens is 2. The van der Waals surface area contributed by atoms with Crippen molar-refractivity contribution < 1.29 is 27.1 Å². The van der Waals surface area contributed by atoms with Gasteiger partial charge in [-0.15, -0.1) is 0 Å². The first-order valence-corrected chi connectivity index (χ1v) is 7.70. The number of primary amides is 1. The number of carbonyl (C=O) groups excluding carboxylic acids is 1. The normalized spacial score (nSPS) is 11.6. The van der Waals surface area contributed by atoms with Crippen molar-refractivity contribution in [1.82, 2.24) is 15.2 Å². The van der Waals surface area contributed by atoms with Crippen LogP contribution in [0.2, 0.25) is 5.02 Å². The Bertz CT molecular complexity index is 857. The molecule has 1 heterocycles. The molecule has 0 fully saturated rings. The minimum atomic E-state index is -3.10. The summed E-state index contributed by atoms with van der Waals surface area (Å²) in [6.07, 6.45) is -4.95. The van der Waals surface area contributed by atoms with E-state index in [1.807, 2.05) is 5.43 Å². The van der Waals surface area contributed by atoms with Crippen LogP contribution in [0.25, 0.3) is 0 Å². The van der Waals surface area contributed by atoms with E-state index in [1.54, 1.807) is 6.07 Å². The minimum Gasteiger partial charge on any atom is -0.496 e. The number of nitrogens with two attached hydrogens (primary N) is 1. The van der Waals surface area contributed by atoms with Crippen LogP contribution in [0.4, 0.5) is 22.4 Å². The fourth-order valence-corrected chi connectivity index (χ4v) is 2.58. The van der Waals surface area contributed by atoms with Crippen molar-refractivity contribution in [1.29, 1.82) is 0 Å². The van der Waals surface area contributed by atoms with Crippen molar-refractivity contribution in [2.24, 2.45) is 10.8 Å². The molecule has 0 bridgehead atoms. The molecule has 2 rings (SSSR count). The number of rotatable bonds is 7. The number of hydrazone groups is 1. The van der Waals surface area contributed by atoms with Crippen LogP contribution in [0.1, 0.15) is 35.4 Å². The van der Waals surface area contributed by atoms with Crippen LogP contribution < -0.4 is 15.9 Å². The van der Waals surface area contributed by atoms with E-state index in [0.717, 1.165) is 0 Å². The molecule has 0 aliphatic rings. The molecule has 0 aliphatic carbocycles. The Hall–Kier alpha value is -2.82.